The maximum atomic E-state index is 13.1. The average molecular weight is 349 g/mol. The van der Waals surface area contributed by atoms with E-state index < -0.39 is 11.9 Å². The maximum Gasteiger partial charge on any atom is 0.220 e. The molecule has 0 fully saturated rings. The van der Waals surface area contributed by atoms with E-state index in [4.69, 9.17) is 0 Å². The Morgan fingerprint density at radius 3 is 2.62 bits per heavy atom. The van der Waals surface area contributed by atoms with Gasteiger partial charge in [-0.25, -0.2) is 4.39 Å². The predicted octanol–water partition coefficient (Wildman–Crippen LogP) is 3.32. The van der Waals surface area contributed by atoms with Crippen LogP contribution < -0.4 is 5.32 Å². The number of thiophene rings is 1. The summed E-state index contributed by atoms with van der Waals surface area (Å²) in [5, 5.41) is 12.5. The molecule has 1 aromatic carbocycles. The van der Waals surface area contributed by atoms with E-state index in [1.165, 1.54) is 18.2 Å². The lowest BCUT2D eigenvalue weighted by atomic mass is 10.1. The second-order valence-electron chi connectivity index (χ2n) is 5.62. The van der Waals surface area contributed by atoms with Crippen LogP contribution in [0.5, 0.6) is 0 Å². The Labute approximate surface area is 144 Å². The van der Waals surface area contributed by atoms with Crippen LogP contribution in [0.3, 0.4) is 0 Å². The quantitative estimate of drug-likeness (QED) is 0.754. The Bertz CT molecular complexity index is 742. The largest absolute Gasteiger partial charge is 0.387 e. The van der Waals surface area contributed by atoms with Gasteiger partial charge in [0.15, 0.2) is 5.78 Å². The highest BCUT2D eigenvalue weighted by atomic mass is 32.1. The molecule has 0 saturated carbocycles. The molecular weight excluding hydrogens is 329 g/mol. The van der Waals surface area contributed by atoms with Gasteiger partial charge in [-0.2, -0.15) is 0 Å². The Morgan fingerprint density at radius 1 is 1.25 bits per heavy atom. The van der Waals surface area contributed by atoms with Gasteiger partial charge >= 0.3 is 0 Å². The number of hydrogen-bond acceptors (Lipinski definition) is 4. The average Bonchev–Trinajstić information content (AvgIpc) is 2.88. The number of nitrogens with one attached hydrogen (secondary N) is 1. The molecule has 0 spiro atoms. The Kier molecular flexibility index (Phi) is 6.23. The molecule has 2 aromatic rings. The SMILES string of the molecule is Cc1cc(C(=O)CCC(=O)NC[C@H](O)c2cccc(F)c2)c(C)s1. The normalized spacial score (nSPS) is 12.0. The lowest BCUT2D eigenvalue weighted by Crippen LogP contribution is -2.28. The van der Waals surface area contributed by atoms with Gasteiger partial charge < -0.3 is 10.4 Å². The second kappa shape index (κ2) is 8.17. The Balaban J connectivity index is 1.79. The van der Waals surface area contributed by atoms with Gasteiger partial charge in [0.2, 0.25) is 5.91 Å². The number of carbonyl (C=O) groups excluding carboxylic acids is 2. The number of rotatable bonds is 7. The summed E-state index contributed by atoms with van der Waals surface area (Å²) in [6.07, 6.45) is -0.802. The fourth-order valence-corrected chi connectivity index (χ4v) is 3.34. The third kappa shape index (κ3) is 4.97. The van der Waals surface area contributed by atoms with Crippen molar-refractivity contribution in [1.82, 2.24) is 5.32 Å². The molecule has 1 atom stereocenters. The number of aliphatic hydroxyl groups excluding tert-OH is 1. The zero-order valence-electron chi connectivity index (χ0n) is 13.6. The minimum Gasteiger partial charge on any atom is -0.387 e. The molecule has 1 heterocycles. The van der Waals surface area contributed by atoms with Crippen molar-refractivity contribution in [2.45, 2.75) is 32.8 Å². The number of benzene rings is 1. The molecule has 0 radical (unpaired) electrons. The smallest absolute Gasteiger partial charge is 0.220 e. The van der Waals surface area contributed by atoms with Crippen LogP contribution in [0.25, 0.3) is 0 Å². The summed E-state index contributed by atoms with van der Waals surface area (Å²) in [6, 6.07) is 7.44. The van der Waals surface area contributed by atoms with Crippen molar-refractivity contribution in [3.05, 3.63) is 57.0 Å². The zero-order valence-corrected chi connectivity index (χ0v) is 14.5. The lowest BCUT2D eigenvalue weighted by molar-refractivity contribution is -0.121. The lowest BCUT2D eigenvalue weighted by Gasteiger charge is -2.12. The minimum absolute atomic E-state index is 0.0208. The van der Waals surface area contributed by atoms with Crippen LogP contribution in [-0.4, -0.2) is 23.3 Å². The fraction of sp³-hybridized carbons (Fsp3) is 0.333. The van der Waals surface area contributed by atoms with Crippen molar-refractivity contribution in [1.29, 1.82) is 0 Å². The van der Waals surface area contributed by atoms with E-state index in [0.717, 1.165) is 9.75 Å². The van der Waals surface area contributed by atoms with Gasteiger partial charge in [0.05, 0.1) is 6.10 Å². The van der Waals surface area contributed by atoms with E-state index in [1.54, 1.807) is 17.4 Å². The van der Waals surface area contributed by atoms with Crippen molar-refractivity contribution in [2.24, 2.45) is 0 Å². The molecule has 6 heteroatoms. The molecule has 0 bridgehead atoms. The molecule has 0 saturated heterocycles. The number of carbonyl (C=O) groups is 2. The first-order valence-corrected chi connectivity index (χ1v) is 8.49. The number of Topliss-reactive ketones (excluding diaryl/α,β-unsaturated/α-hetero) is 1. The molecule has 1 aromatic heterocycles. The minimum atomic E-state index is -0.984. The van der Waals surface area contributed by atoms with Gasteiger partial charge in [-0.3, -0.25) is 9.59 Å². The van der Waals surface area contributed by atoms with E-state index in [9.17, 15) is 19.1 Å². The molecule has 128 valence electrons. The number of aliphatic hydroxyl groups is 1. The molecule has 2 rings (SSSR count). The number of aryl methyl sites for hydroxylation is 2. The summed E-state index contributed by atoms with van der Waals surface area (Å²) in [5.41, 5.74) is 1.07. The van der Waals surface area contributed by atoms with Crippen molar-refractivity contribution in [3.8, 4) is 0 Å². The summed E-state index contributed by atoms with van der Waals surface area (Å²) >= 11 is 1.56. The first-order valence-electron chi connectivity index (χ1n) is 7.67. The summed E-state index contributed by atoms with van der Waals surface area (Å²) in [4.78, 5) is 26.0. The number of halogens is 1. The monoisotopic (exact) mass is 349 g/mol. The topological polar surface area (TPSA) is 66.4 Å². The Morgan fingerprint density at radius 2 is 2.00 bits per heavy atom. The molecule has 0 aliphatic heterocycles. The van der Waals surface area contributed by atoms with Crippen LogP contribution in [0.2, 0.25) is 0 Å². The first kappa shape index (κ1) is 18.3. The van der Waals surface area contributed by atoms with Gasteiger partial charge in [0, 0.05) is 34.7 Å². The predicted molar refractivity (Wildman–Crippen MR) is 91.7 cm³/mol. The van der Waals surface area contributed by atoms with Crippen molar-refractivity contribution < 1.29 is 19.1 Å². The van der Waals surface area contributed by atoms with Crippen LogP contribution in [0.1, 0.15) is 44.6 Å². The molecule has 2 N–H and O–H groups in total. The molecular formula is C18H20FNO3S. The highest BCUT2D eigenvalue weighted by Crippen LogP contribution is 2.22. The van der Waals surface area contributed by atoms with Crippen LogP contribution in [0.4, 0.5) is 4.39 Å². The third-order valence-electron chi connectivity index (χ3n) is 3.65. The van der Waals surface area contributed by atoms with Crippen LogP contribution in [-0.2, 0) is 4.79 Å². The molecule has 24 heavy (non-hydrogen) atoms. The maximum absolute atomic E-state index is 13.1. The third-order valence-corrected chi connectivity index (χ3v) is 4.61. The van der Waals surface area contributed by atoms with Crippen LogP contribution in [0, 0.1) is 19.7 Å². The van der Waals surface area contributed by atoms with Crippen LogP contribution >= 0.6 is 11.3 Å². The number of amides is 1. The summed E-state index contributed by atoms with van der Waals surface area (Å²) in [6.45, 7) is 3.81. The van der Waals surface area contributed by atoms with E-state index in [-0.39, 0.29) is 31.1 Å². The molecule has 0 aliphatic rings. The zero-order chi connectivity index (χ0) is 17.7. The van der Waals surface area contributed by atoms with Gasteiger partial charge in [-0.05, 0) is 37.6 Å². The molecule has 0 aliphatic carbocycles. The molecule has 1 amide bonds. The summed E-state index contributed by atoms with van der Waals surface area (Å²) in [5.74, 6) is -0.814. The molecule has 4 nitrogen and oxygen atoms in total. The summed E-state index contributed by atoms with van der Waals surface area (Å²) in [7, 11) is 0. The number of ketones is 1. The van der Waals surface area contributed by atoms with Gasteiger partial charge in [-0.15, -0.1) is 11.3 Å². The van der Waals surface area contributed by atoms with E-state index in [0.29, 0.717) is 11.1 Å². The highest BCUT2D eigenvalue weighted by molar-refractivity contribution is 7.12. The van der Waals surface area contributed by atoms with Crippen molar-refractivity contribution in [2.75, 3.05) is 6.54 Å². The van der Waals surface area contributed by atoms with Gasteiger partial charge in [0.25, 0.3) is 0 Å². The van der Waals surface area contributed by atoms with Gasteiger partial charge in [0.1, 0.15) is 5.82 Å². The van der Waals surface area contributed by atoms with E-state index in [2.05, 4.69) is 5.32 Å². The first-order chi connectivity index (χ1) is 11.4. The van der Waals surface area contributed by atoms with Crippen molar-refractivity contribution >= 4 is 23.0 Å². The van der Waals surface area contributed by atoms with E-state index >= 15 is 0 Å². The van der Waals surface area contributed by atoms with Crippen LogP contribution in [0.15, 0.2) is 30.3 Å². The second-order valence-corrected chi connectivity index (χ2v) is 7.09. The standard InChI is InChI=1S/C18H20FNO3S/c1-11-8-15(12(2)24-11)16(21)6-7-18(23)20-10-17(22)13-4-3-5-14(19)9-13/h3-5,8-9,17,22H,6-7,10H2,1-2H3,(H,20,23)/t17-/m0/s1. The molecule has 0 unspecified atom stereocenters. The highest BCUT2D eigenvalue weighted by Gasteiger charge is 2.15. The van der Waals surface area contributed by atoms with Crippen molar-refractivity contribution in [3.63, 3.8) is 0 Å². The number of hydrogen-bond donors (Lipinski definition) is 2. The summed E-state index contributed by atoms with van der Waals surface area (Å²) < 4.78 is 13.1. The Hall–Kier alpha value is -2.05. The van der Waals surface area contributed by atoms with E-state index in [1.807, 2.05) is 19.9 Å². The fourth-order valence-electron chi connectivity index (χ4n) is 2.40. The van der Waals surface area contributed by atoms with Gasteiger partial charge in [-0.1, -0.05) is 12.1 Å².